The number of nitrogens with one attached hydrogen (secondary N) is 1. The Morgan fingerprint density at radius 2 is 2.11 bits per heavy atom. The van der Waals surface area contributed by atoms with Crippen molar-refractivity contribution in [3.05, 3.63) is 11.9 Å². The number of rotatable bonds is 9. The Balaban J connectivity index is 3.02. The Bertz CT molecular complexity index is 341. The van der Waals surface area contributed by atoms with Crippen molar-refractivity contribution >= 4 is 0 Å². The van der Waals surface area contributed by atoms with Crippen molar-refractivity contribution in [2.75, 3.05) is 14.2 Å². The van der Waals surface area contributed by atoms with Gasteiger partial charge in [0.05, 0.1) is 25.0 Å². The maximum absolute atomic E-state index is 5.49. The lowest BCUT2D eigenvalue weighted by Gasteiger charge is -2.27. The molecule has 0 bridgehead atoms. The Morgan fingerprint density at radius 1 is 1.37 bits per heavy atom. The minimum absolute atomic E-state index is 0.314. The molecular weight excluding hydrogens is 238 g/mol. The topological polar surface area (TPSA) is 39.1 Å². The van der Waals surface area contributed by atoms with E-state index in [1.54, 1.807) is 7.11 Å². The summed E-state index contributed by atoms with van der Waals surface area (Å²) in [6, 6.07) is 0.314. The zero-order valence-corrected chi connectivity index (χ0v) is 13.1. The second kappa shape index (κ2) is 8.20. The van der Waals surface area contributed by atoms with Crippen LogP contribution in [0.1, 0.15) is 58.2 Å². The van der Waals surface area contributed by atoms with Crippen LogP contribution in [0.5, 0.6) is 5.75 Å². The summed E-state index contributed by atoms with van der Waals surface area (Å²) < 4.78 is 7.54. The lowest BCUT2D eigenvalue weighted by atomic mass is 9.89. The van der Waals surface area contributed by atoms with Gasteiger partial charge < -0.3 is 10.1 Å². The second-order valence-electron chi connectivity index (χ2n) is 4.99. The number of unbranched alkanes of at least 4 members (excludes halogenated alkanes) is 1. The van der Waals surface area contributed by atoms with Crippen molar-refractivity contribution in [2.45, 2.75) is 59.0 Å². The summed E-state index contributed by atoms with van der Waals surface area (Å²) in [5.74, 6) is 1.52. The fraction of sp³-hybridized carbons (Fsp3) is 0.800. The van der Waals surface area contributed by atoms with Gasteiger partial charge in [0.15, 0.2) is 5.75 Å². The van der Waals surface area contributed by atoms with E-state index in [0.29, 0.717) is 12.0 Å². The maximum Gasteiger partial charge on any atom is 0.161 e. The number of ether oxygens (including phenoxy) is 1. The predicted octanol–water partition coefficient (Wildman–Crippen LogP) is 3.39. The Morgan fingerprint density at radius 3 is 2.58 bits per heavy atom. The molecule has 0 aliphatic rings. The molecule has 0 spiro atoms. The standard InChI is InChI=1S/C15H29N3O/c1-6-9-10-12(7-2)14(16-4)15-13(19-5)11-17-18(15)8-3/h11-12,14,16H,6-10H2,1-5H3. The van der Waals surface area contributed by atoms with Crippen molar-refractivity contribution in [3.8, 4) is 5.75 Å². The molecule has 0 aromatic carbocycles. The molecule has 0 radical (unpaired) electrons. The van der Waals surface area contributed by atoms with Crippen LogP contribution in [0.2, 0.25) is 0 Å². The van der Waals surface area contributed by atoms with Gasteiger partial charge in [-0.15, -0.1) is 0 Å². The van der Waals surface area contributed by atoms with E-state index in [4.69, 9.17) is 4.74 Å². The third-order valence-corrected chi connectivity index (χ3v) is 3.89. The van der Waals surface area contributed by atoms with Crippen molar-refractivity contribution in [1.29, 1.82) is 0 Å². The smallest absolute Gasteiger partial charge is 0.161 e. The molecule has 110 valence electrons. The molecule has 2 atom stereocenters. The van der Waals surface area contributed by atoms with Gasteiger partial charge in [0.25, 0.3) is 0 Å². The molecule has 1 heterocycles. The van der Waals surface area contributed by atoms with E-state index in [2.05, 4.69) is 35.9 Å². The van der Waals surface area contributed by atoms with E-state index >= 15 is 0 Å². The molecule has 0 saturated carbocycles. The minimum Gasteiger partial charge on any atom is -0.493 e. The summed E-state index contributed by atoms with van der Waals surface area (Å²) in [7, 11) is 3.76. The van der Waals surface area contributed by atoms with Crippen LogP contribution in [-0.4, -0.2) is 23.9 Å². The highest BCUT2D eigenvalue weighted by Gasteiger charge is 2.26. The van der Waals surface area contributed by atoms with E-state index < -0.39 is 0 Å². The first kappa shape index (κ1) is 16.0. The summed E-state index contributed by atoms with van der Waals surface area (Å²) in [5, 5.41) is 7.90. The first-order chi connectivity index (χ1) is 9.23. The minimum atomic E-state index is 0.314. The third-order valence-electron chi connectivity index (χ3n) is 3.89. The molecule has 2 unspecified atom stereocenters. The summed E-state index contributed by atoms with van der Waals surface area (Å²) in [5.41, 5.74) is 1.19. The molecule has 1 aromatic rings. The monoisotopic (exact) mass is 267 g/mol. The molecule has 1 rings (SSSR count). The molecular formula is C15H29N3O. The van der Waals surface area contributed by atoms with Gasteiger partial charge in [0.1, 0.15) is 0 Å². The number of methoxy groups -OCH3 is 1. The lowest BCUT2D eigenvalue weighted by molar-refractivity contribution is 0.309. The maximum atomic E-state index is 5.49. The summed E-state index contributed by atoms with van der Waals surface area (Å²) in [6.45, 7) is 7.51. The number of aromatic nitrogens is 2. The number of aryl methyl sites for hydroxylation is 1. The van der Waals surface area contributed by atoms with Gasteiger partial charge in [-0.3, -0.25) is 4.68 Å². The van der Waals surface area contributed by atoms with Crippen molar-refractivity contribution in [2.24, 2.45) is 5.92 Å². The van der Waals surface area contributed by atoms with Crippen LogP contribution in [0.25, 0.3) is 0 Å². The predicted molar refractivity (Wildman–Crippen MR) is 79.6 cm³/mol. The number of hydrogen-bond donors (Lipinski definition) is 1. The Hall–Kier alpha value is -1.03. The van der Waals surface area contributed by atoms with Crippen LogP contribution in [0.4, 0.5) is 0 Å². The quantitative estimate of drug-likeness (QED) is 0.745. The van der Waals surface area contributed by atoms with E-state index in [1.807, 2.05) is 13.2 Å². The molecule has 4 nitrogen and oxygen atoms in total. The van der Waals surface area contributed by atoms with Gasteiger partial charge in [-0.2, -0.15) is 5.10 Å². The molecule has 0 aliphatic heterocycles. The van der Waals surface area contributed by atoms with Crippen LogP contribution in [0.15, 0.2) is 6.20 Å². The zero-order valence-electron chi connectivity index (χ0n) is 13.1. The molecule has 0 aliphatic carbocycles. The molecule has 19 heavy (non-hydrogen) atoms. The highest BCUT2D eigenvalue weighted by molar-refractivity contribution is 5.29. The SMILES string of the molecule is CCCCC(CC)C(NC)c1c(OC)cnn1CC. The van der Waals surface area contributed by atoms with E-state index in [9.17, 15) is 0 Å². The van der Waals surface area contributed by atoms with Crippen molar-refractivity contribution in [1.82, 2.24) is 15.1 Å². The second-order valence-corrected chi connectivity index (χ2v) is 4.99. The van der Waals surface area contributed by atoms with Gasteiger partial charge in [-0.1, -0.05) is 33.1 Å². The van der Waals surface area contributed by atoms with Gasteiger partial charge in [0.2, 0.25) is 0 Å². The summed E-state index contributed by atoms with van der Waals surface area (Å²) in [6.07, 6.45) is 6.77. The number of nitrogens with zero attached hydrogens (tertiary/aromatic N) is 2. The van der Waals surface area contributed by atoms with E-state index in [0.717, 1.165) is 12.3 Å². The molecule has 1 N–H and O–H groups in total. The number of hydrogen-bond acceptors (Lipinski definition) is 3. The molecule has 0 fully saturated rings. The van der Waals surface area contributed by atoms with Gasteiger partial charge in [-0.05, 0) is 26.3 Å². The van der Waals surface area contributed by atoms with E-state index in [1.165, 1.54) is 31.4 Å². The normalized spacial score (nSPS) is 14.4. The first-order valence-corrected chi connectivity index (χ1v) is 7.50. The highest BCUT2D eigenvalue weighted by atomic mass is 16.5. The highest BCUT2D eigenvalue weighted by Crippen LogP contribution is 2.34. The summed E-state index contributed by atoms with van der Waals surface area (Å²) >= 11 is 0. The molecule has 1 aromatic heterocycles. The summed E-state index contributed by atoms with van der Waals surface area (Å²) in [4.78, 5) is 0. The van der Waals surface area contributed by atoms with Crippen LogP contribution >= 0.6 is 0 Å². The van der Waals surface area contributed by atoms with Crippen LogP contribution < -0.4 is 10.1 Å². The van der Waals surface area contributed by atoms with E-state index in [-0.39, 0.29) is 0 Å². The van der Waals surface area contributed by atoms with Crippen LogP contribution in [0.3, 0.4) is 0 Å². The van der Waals surface area contributed by atoms with Crippen LogP contribution in [0, 0.1) is 5.92 Å². The fourth-order valence-corrected chi connectivity index (χ4v) is 2.77. The Labute approximate surface area is 117 Å². The zero-order chi connectivity index (χ0) is 14.3. The molecule has 0 saturated heterocycles. The average molecular weight is 267 g/mol. The van der Waals surface area contributed by atoms with Crippen molar-refractivity contribution in [3.63, 3.8) is 0 Å². The third kappa shape index (κ3) is 3.72. The largest absolute Gasteiger partial charge is 0.493 e. The fourth-order valence-electron chi connectivity index (χ4n) is 2.77. The van der Waals surface area contributed by atoms with Gasteiger partial charge >= 0.3 is 0 Å². The van der Waals surface area contributed by atoms with Crippen LogP contribution in [-0.2, 0) is 6.54 Å². The van der Waals surface area contributed by atoms with Gasteiger partial charge in [0, 0.05) is 6.54 Å². The first-order valence-electron chi connectivity index (χ1n) is 7.50. The molecule has 0 amide bonds. The lowest BCUT2D eigenvalue weighted by Crippen LogP contribution is -2.28. The Kier molecular flexibility index (Phi) is 6.92. The van der Waals surface area contributed by atoms with Gasteiger partial charge in [-0.25, -0.2) is 0 Å². The molecule has 4 heteroatoms. The van der Waals surface area contributed by atoms with Crippen molar-refractivity contribution < 1.29 is 4.74 Å². The average Bonchev–Trinajstić information content (AvgIpc) is 2.86.